The fourth-order valence-electron chi connectivity index (χ4n) is 3.84. The number of hydrogen-bond acceptors (Lipinski definition) is 3. The van der Waals surface area contributed by atoms with Crippen molar-refractivity contribution in [1.29, 1.82) is 0 Å². The molecule has 30 heavy (non-hydrogen) atoms. The molecule has 8 heteroatoms. The number of halogens is 3. The van der Waals surface area contributed by atoms with Crippen LogP contribution in [0.4, 0.5) is 13.2 Å². The summed E-state index contributed by atoms with van der Waals surface area (Å²) < 4.78 is 38.3. The SMILES string of the molecule is Cc1[nH]ncc1C(=O)N1CCC[C@@H]1c1cccc(Cc2ccc(C(F)(F)F)cc2)n1. The number of nitrogens with zero attached hydrogens (tertiary/aromatic N) is 3. The summed E-state index contributed by atoms with van der Waals surface area (Å²) in [5, 5.41) is 6.73. The topological polar surface area (TPSA) is 61.9 Å². The molecule has 0 radical (unpaired) electrons. The lowest BCUT2D eigenvalue weighted by Gasteiger charge is -2.24. The molecule has 156 valence electrons. The highest BCUT2D eigenvalue weighted by Crippen LogP contribution is 2.33. The highest BCUT2D eigenvalue weighted by molar-refractivity contribution is 5.95. The largest absolute Gasteiger partial charge is 0.416 e. The van der Waals surface area contributed by atoms with Crippen molar-refractivity contribution in [3.8, 4) is 0 Å². The van der Waals surface area contributed by atoms with E-state index in [1.54, 1.807) is 6.20 Å². The van der Waals surface area contributed by atoms with Crippen LogP contribution in [0, 0.1) is 6.92 Å². The van der Waals surface area contributed by atoms with E-state index in [1.807, 2.05) is 30.0 Å². The van der Waals surface area contributed by atoms with Crippen molar-refractivity contribution < 1.29 is 18.0 Å². The Kier molecular flexibility index (Phi) is 5.32. The number of amides is 1. The zero-order valence-electron chi connectivity index (χ0n) is 16.4. The van der Waals surface area contributed by atoms with Crippen LogP contribution in [0.3, 0.4) is 0 Å². The van der Waals surface area contributed by atoms with Gasteiger partial charge in [-0.05, 0) is 49.6 Å². The van der Waals surface area contributed by atoms with Gasteiger partial charge in [-0.15, -0.1) is 0 Å². The number of alkyl halides is 3. The zero-order chi connectivity index (χ0) is 21.3. The number of likely N-dealkylation sites (tertiary alicyclic amines) is 1. The fourth-order valence-corrected chi connectivity index (χ4v) is 3.84. The van der Waals surface area contributed by atoms with E-state index in [4.69, 9.17) is 4.98 Å². The Morgan fingerprint density at radius 1 is 1.20 bits per heavy atom. The van der Waals surface area contributed by atoms with Gasteiger partial charge in [0.1, 0.15) is 0 Å². The first kappa shape index (κ1) is 20.1. The average molecular weight is 414 g/mol. The quantitative estimate of drug-likeness (QED) is 0.673. The lowest BCUT2D eigenvalue weighted by Crippen LogP contribution is -2.31. The van der Waals surface area contributed by atoms with E-state index in [2.05, 4.69) is 10.2 Å². The van der Waals surface area contributed by atoms with Crippen molar-refractivity contribution in [2.75, 3.05) is 6.54 Å². The fraction of sp³-hybridized carbons (Fsp3) is 0.318. The molecule has 0 saturated carbocycles. The van der Waals surface area contributed by atoms with Gasteiger partial charge in [0.05, 0.1) is 29.1 Å². The first-order chi connectivity index (χ1) is 14.3. The number of carbonyl (C=O) groups is 1. The van der Waals surface area contributed by atoms with Crippen LogP contribution in [-0.2, 0) is 12.6 Å². The second-order valence-corrected chi connectivity index (χ2v) is 7.49. The lowest BCUT2D eigenvalue weighted by molar-refractivity contribution is -0.137. The maximum atomic E-state index is 12.9. The van der Waals surface area contributed by atoms with Crippen molar-refractivity contribution in [2.24, 2.45) is 0 Å². The van der Waals surface area contributed by atoms with Gasteiger partial charge in [-0.3, -0.25) is 14.9 Å². The van der Waals surface area contributed by atoms with Gasteiger partial charge in [0.15, 0.2) is 0 Å². The van der Waals surface area contributed by atoms with E-state index in [1.165, 1.54) is 12.1 Å². The number of benzene rings is 1. The van der Waals surface area contributed by atoms with Crippen LogP contribution in [0.25, 0.3) is 0 Å². The molecule has 2 aromatic heterocycles. The van der Waals surface area contributed by atoms with Crippen LogP contribution in [0.15, 0.2) is 48.7 Å². The molecule has 1 fully saturated rings. The Labute approximate surface area is 171 Å². The summed E-state index contributed by atoms with van der Waals surface area (Å²) in [5.41, 5.74) is 2.93. The molecule has 3 aromatic rings. The van der Waals surface area contributed by atoms with Crippen LogP contribution in [-0.4, -0.2) is 32.5 Å². The van der Waals surface area contributed by atoms with Crippen LogP contribution < -0.4 is 0 Å². The van der Waals surface area contributed by atoms with E-state index in [-0.39, 0.29) is 11.9 Å². The number of rotatable bonds is 4. The number of aromatic nitrogens is 3. The molecule has 0 bridgehead atoms. The monoisotopic (exact) mass is 414 g/mol. The maximum Gasteiger partial charge on any atom is 0.416 e. The predicted octanol–water partition coefficient (Wildman–Crippen LogP) is 4.70. The van der Waals surface area contributed by atoms with Gasteiger partial charge in [0, 0.05) is 24.4 Å². The van der Waals surface area contributed by atoms with Crippen LogP contribution in [0.2, 0.25) is 0 Å². The second-order valence-electron chi connectivity index (χ2n) is 7.49. The average Bonchev–Trinajstić information content (AvgIpc) is 3.36. The van der Waals surface area contributed by atoms with E-state index in [0.717, 1.165) is 47.6 Å². The third-order valence-electron chi connectivity index (χ3n) is 5.41. The Morgan fingerprint density at radius 2 is 1.97 bits per heavy atom. The number of pyridine rings is 1. The molecule has 1 atom stereocenters. The van der Waals surface area contributed by atoms with Crippen LogP contribution in [0.1, 0.15) is 57.5 Å². The van der Waals surface area contributed by atoms with E-state index in [9.17, 15) is 18.0 Å². The lowest BCUT2D eigenvalue weighted by atomic mass is 10.0. The van der Waals surface area contributed by atoms with Gasteiger partial charge in [-0.1, -0.05) is 18.2 Å². The standard InChI is InChI=1S/C22H21F3N4O/c1-14-18(13-26-28-14)21(30)29-11-3-6-20(29)19-5-2-4-17(27-19)12-15-7-9-16(10-8-15)22(23,24)25/h2,4-5,7-10,13,20H,3,6,11-12H2,1H3,(H,26,28)/t20-/m1/s1. The molecule has 5 nitrogen and oxygen atoms in total. The minimum absolute atomic E-state index is 0.0707. The number of nitrogens with one attached hydrogen (secondary N) is 1. The van der Waals surface area contributed by atoms with Crippen molar-refractivity contribution in [3.05, 3.63) is 82.4 Å². The van der Waals surface area contributed by atoms with E-state index in [0.29, 0.717) is 18.5 Å². The number of hydrogen-bond donors (Lipinski definition) is 1. The first-order valence-electron chi connectivity index (χ1n) is 9.76. The molecule has 1 saturated heterocycles. The molecule has 3 heterocycles. The Balaban J connectivity index is 1.53. The molecule has 4 rings (SSSR count). The molecule has 0 spiro atoms. The number of aromatic amines is 1. The van der Waals surface area contributed by atoms with Gasteiger partial charge >= 0.3 is 6.18 Å². The molecule has 1 aliphatic heterocycles. The Hall–Kier alpha value is -3.16. The molecular weight excluding hydrogens is 393 g/mol. The van der Waals surface area contributed by atoms with Gasteiger partial charge in [0.2, 0.25) is 0 Å². The molecular formula is C22H21F3N4O. The van der Waals surface area contributed by atoms with Crippen molar-refractivity contribution in [2.45, 2.75) is 38.4 Å². The van der Waals surface area contributed by atoms with Crippen LogP contribution in [0.5, 0.6) is 0 Å². The highest BCUT2D eigenvalue weighted by atomic mass is 19.4. The molecule has 1 aliphatic rings. The van der Waals surface area contributed by atoms with Gasteiger partial charge in [-0.25, -0.2) is 0 Å². The summed E-state index contributed by atoms with van der Waals surface area (Å²) >= 11 is 0. The first-order valence-corrected chi connectivity index (χ1v) is 9.76. The van der Waals surface area contributed by atoms with Gasteiger partial charge in [-0.2, -0.15) is 18.3 Å². The van der Waals surface area contributed by atoms with Gasteiger partial charge in [0.25, 0.3) is 5.91 Å². The Bertz CT molecular complexity index is 1040. The minimum atomic E-state index is -4.34. The summed E-state index contributed by atoms with van der Waals surface area (Å²) in [6.45, 7) is 2.47. The summed E-state index contributed by atoms with van der Waals surface area (Å²) in [6, 6.07) is 10.6. The maximum absolute atomic E-state index is 12.9. The summed E-state index contributed by atoms with van der Waals surface area (Å²) in [6.07, 6.45) is -0.672. The van der Waals surface area contributed by atoms with Crippen LogP contribution >= 0.6 is 0 Å². The number of H-pyrrole nitrogens is 1. The number of carbonyl (C=O) groups excluding carboxylic acids is 1. The van der Waals surface area contributed by atoms with E-state index >= 15 is 0 Å². The molecule has 0 aliphatic carbocycles. The third-order valence-corrected chi connectivity index (χ3v) is 5.41. The van der Waals surface area contributed by atoms with E-state index < -0.39 is 11.7 Å². The predicted molar refractivity (Wildman–Crippen MR) is 105 cm³/mol. The van der Waals surface area contributed by atoms with Crippen molar-refractivity contribution in [1.82, 2.24) is 20.1 Å². The minimum Gasteiger partial charge on any atom is -0.330 e. The summed E-state index contributed by atoms with van der Waals surface area (Å²) in [4.78, 5) is 19.5. The normalized spacial score (nSPS) is 16.8. The molecule has 1 amide bonds. The highest BCUT2D eigenvalue weighted by Gasteiger charge is 2.33. The molecule has 0 unspecified atom stereocenters. The molecule has 1 N–H and O–H groups in total. The van der Waals surface area contributed by atoms with Crippen molar-refractivity contribution in [3.63, 3.8) is 0 Å². The second kappa shape index (κ2) is 7.93. The molecule has 1 aromatic carbocycles. The zero-order valence-corrected chi connectivity index (χ0v) is 16.4. The van der Waals surface area contributed by atoms with Gasteiger partial charge < -0.3 is 4.90 Å². The summed E-state index contributed by atoms with van der Waals surface area (Å²) in [5.74, 6) is -0.0707. The summed E-state index contributed by atoms with van der Waals surface area (Å²) in [7, 11) is 0. The smallest absolute Gasteiger partial charge is 0.330 e. The Morgan fingerprint density at radius 3 is 2.63 bits per heavy atom. The third kappa shape index (κ3) is 4.08. The number of aryl methyl sites for hydroxylation is 1. The van der Waals surface area contributed by atoms with Crippen molar-refractivity contribution >= 4 is 5.91 Å².